The van der Waals surface area contributed by atoms with E-state index in [1.165, 1.54) is 0 Å². The minimum atomic E-state index is -0.824. The molecular weight excluding hydrogens is 594 g/mol. The van der Waals surface area contributed by atoms with Crippen molar-refractivity contribution < 1.29 is 28.7 Å². The van der Waals surface area contributed by atoms with Gasteiger partial charge in [-0.05, 0) is 57.4 Å². The predicted octanol–water partition coefficient (Wildman–Crippen LogP) is 3.10. The van der Waals surface area contributed by atoms with E-state index >= 15 is 0 Å². The van der Waals surface area contributed by atoms with Crippen LogP contribution in [-0.4, -0.2) is 95.0 Å². The van der Waals surface area contributed by atoms with E-state index in [1.54, 1.807) is 11.8 Å². The summed E-state index contributed by atoms with van der Waals surface area (Å²) in [6.45, 7) is 9.34. The molecule has 0 unspecified atom stereocenters. The first-order valence-electron chi connectivity index (χ1n) is 16.0. The molecule has 45 heavy (non-hydrogen) atoms. The van der Waals surface area contributed by atoms with E-state index in [4.69, 9.17) is 9.47 Å². The van der Waals surface area contributed by atoms with Crippen LogP contribution in [0.15, 0.2) is 30.3 Å². The lowest BCUT2D eigenvalue weighted by molar-refractivity contribution is -0.149. The summed E-state index contributed by atoms with van der Waals surface area (Å²) < 4.78 is 11.6. The number of hydrogen-bond donors (Lipinski definition) is 2. The highest BCUT2D eigenvalue weighted by Crippen LogP contribution is 2.34. The highest BCUT2D eigenvalue weighted by Gasteiger charge is 2.41. The molecule has 12 heteroatoms. The molecule has 3 aliphatic rings. The SMILES string of the molecule is Cc1nc(OCC(=O)NC2(C)CC2)c(C(=O)N[C@H](CC(C)C)C(=O)N2CCC[C@@H]2C(=O)N2CCO[C@@H](Cc3ccccc3)C2)s1. The fourth-order valence-electron chi connectivity index (χ4n) is 6.00. The molecule has 0 bridgehead atoms. The average molecular weight is 640 g/mol. The van der Waals surface area contributed by atoms with Crippen molar-refractivity contribution in [1.29, 1.82) is 0 Å². The number of morpholine rings is 1. The largest absolute Gasteiger partial charge is 0.466 e. The standard InChI is InChI=1S/C33H45N5O6S/c1-21(2)17-25(35-29(40)28-30(34-22(3)45-28)44-20-27(39)36-33(4)12-13-33)31(41)38-14-8-11-26(38)32(42)37-15-16-43-24(19-37)18-23-9-6-5-7-10-23/h5-7,9-10,21,24-26H,8,11-20H2,1-4H3,(H,35,40)(H,36,39)/t24-,25+,26+/m0/s1. The smallest absolute Gasteiger partial charge is 0.267 e. The van der Waals surface area contributed by atoms with Crippen LogP contribution >= 0.6 is 11.3 Å². The molecule has 244 valence electrons. The fraction of sp³-hybridized carbons (Fsp3) is 0.606. The molecule has 1 saturated carbocycles. The van der Waals surface area contributed by atoms with Crippen LogP contribution in [0.4, 0.5) is 0 Å². The Bertz CT molecular complexity index is 1380. The first kappa shape index (κ1) is 32.9. The summed E-state index contributed by atoms with van der Waals surface area (Å²) in [4.78, 5) is 61.7. The Morgan fingerprint density at radius 3 is 2.62 bits per heavy atom. The Morgan fingerprint density at radius 1 is 1.16 bits per heavy atom. The van der Waals surface area contributed by atoms with Crippen LogP contribution in [0.1, 0.15) is 73.1 Å². The Balaban J connectivity index is 1.23. The van der Waals surface area contributed by atoms with Gasteiger partial charge in [-0.3, -0.25) is 19.2 Å². The minimum Gasteiger partial charge on any atom is -0.466 e. The first-order valence-corrected chi connectivity index (χ1v) is 16.8. The van der Waals surface area contributed by atoms with Crippen LogP contribution in [0, 0.1) is 12.8 Å². The van der Waals surface area contributed by atoms with Gasteiger partial charge in [0, 0.05) is 31.6 Å². The normalized spacial score (nSPS) is 21.4. The van der Waals surface area contributed by atoms with Gasteiger partial charge in [0.15, 0.2) is 11.5 Å². The van der Waals surface area contributed by atoms with Crippen LogP contribution < -0.4 is 15.4 Å². The maximum absolute atomic E-state index is 14.0. The molecule has 4 amide bonds. The monoisotopic (exact) mass is 639 g/mol. The lowest BCUT2D eigenvalue weighted by atomic mass is 10.0. The Hall–Kier alpha value is -3.51. The Labute approximate surface area is 269 Å². The van der Waals surface area contributed by atoms with Gasteiger partial charge < -0.3 is 29.9 Å². The molecule has 1 aliphatic carbocycles. The molecule has 5 rings (SSSR count). The number of aryl methyl sites for hydroxylation is 1. The number of nitrogens with one attached hydrogen (secondary N) is 2. The summed E-state index contributed by atoms with van der Waals surface area (Å²) in [7, 11) is 0. The second-order valence-electron chi connectivity index (χ2n) is 13.1. The number of ether oxygens (including phenoxy) is 2. The maximum Gasteiger partial charge on any atom is 0.267 e. The molecule has 3 atom stereocenters. The number of rotatable bonds is 12. The van der Waals surface area contributed by atoms with Crippen molar-refractivity contribution in [3.8, 4) is 5.88 Å². The van der Waals surface area contributed by atoms with Crippen LogP contribution in [0.25, 0.3) is 0 Å². The van der Waals surface area contributed by atoms with E-state index in [1.807, 2.05) is 43.9 Å². The third kappa shape index (κ3) is 8.61. The first-order chi connectivity index (χ1) is 21.5. The highest BCUT2D eigenvalue weighted by molar-refractivity contribution is 7.13. The van der Waals surface area contributed by atoms with Gasteiger partial charge in [-0.15, -0.1) is 11.3 Å². The third-order valence-electron chi connectivity index (χ3n) is 8.58. The number of nitrogens with zero attached hydrogens (tertiary/aromatic N) is 3. The van der Waals surface area contributed by atoms with E-state index in [0.29, 0.717) is 50.5 Å². The number of hydrogen-bond acceptors (Lipinski definition) is 8. The van der Waals surface area contributed by atoms with Crippen LogP contribution in [-0.2, 0) is 25.5 Å². The summed E-state index contributed by atoms with van der Waals surface area (Å²) in [5.74, 6) is -0.889. The van der Waals surface area contributed by atoms with Crippen LogP contribution in [0.5, 0.6) is 5.88 Å². The summed E-state index contributed by atoms with van der Waals surface area (Å²) in [5, 5.41) is 6.46. The molecule has 1 aromatic carbocycles. The van der Waals surface area contributed by atoms with Crippen molar-refractivity contribution in [2.75, 3.05) is 32.8 Å². The van der Waals surface area contributed by atoms with E-state index in [2.05, 4.69) is 27.8 Å². The molecule has 2 N–H and O–H groups in total. The summed E-state index contributed by atoms with van der Waals surface area (Å²) in [6, 6.07) is 8.68. The van der Waals surface area contributed by atoms with E-state index in [0.717, 1.165) is 36.2 Å². The number of benzene rings is 1. The van der Waals surface area contributed by atoms with E-state index in [9.17, 15) is 19.2 Å². The quantitative estimate of drug-likeness (QED) is 0.365. The molecule has 11 nitrogen and oxygen atoms in total. The van der Waals surface area contributed by atoms with Crippen molar-refractivity contribution in [3.63, 3.8) is 0 Å². The number of likely N-dealkylation sites (tertiary alicyclic amines) is 1. The van der Waals surface area contributed by atoms with Crippen molar-refractivity contribution in [1.82, 2.24) is 25.4 Å². The van der Waals surface area contributed by atoms with Gasteiger partial charge in [0.2, 0.25) is 17.7 Å². The van der Waals surface area contributed by atoms with Crippen molar-refractivity contribution in [3.05, 3.63) is 45.8 Å². The van der Waals surface area contributed by atoms with Gasteiger partial charge in [-0.2, -0.15) is 0 Å². The van der Waals surface area contributed by atoms with E-state index in [-0.39, 0.29) is 52.6 Å². The zero-order chi connectivity index (χ0) is 32.1. The number of carbonyl (C=O) groups is 4. The van der Waals surface area contributed by atoms with Gasteiger partial charge in [0.25, 0.3) is 11.8 Å². The molecule has 0 radical (unpaired) electrons. The molecule has 2 saturated heterocycles. The zero-order valence-corrected chi connectivity index (χ0v) is 27.5. The minimum absolute atomic E-state index is 0.0658. The van der Waals surface area contributed by atoms with Gasteiger partial charge in [-0.1, -0.05) is 44.2 Å². The van der Waals surface area contributed by atoms with Gasteiger partial charge in [-0.25, -0.2) is 4.98 Å². The van der Waals surface area contributed by atoms with Crippen molar-refractivity contribution in [2.24, 2.45) is 5.92 Å². The van der Waals surface area contributed by atoms with E-state index < -0.39 is 18.0 Å². The number of carbonyl (C=O) groups excluding carboxylic acids is 4. The lowest BCUT2D eigenvalue weighted by Gasteiger charge is -2.37. The molecule has 3 fully saturated rings. The molecule has 2 aliphatic heterocycles. The molecule has 0 spiro atoms. The summed E-state index contributed by atoms with van der Waals surface area (Å²) >= 11 is 1.15. The second-order valence-corrected chi connectivity index (χ2v) is 14.3. The third-order valence-corrected chi connectivity index (χ3v) is 9.53. The van der Waals surface area contributed by atoms with Gasteiger partial charge in [0.1, 0.15) is 12.1 Å². The Morgan fingerprint density at radius 2 is 1.91 bits per heavy atom. The van der Waals surface area contributed by atoms with Crippen LogP contribution in [0.3, 0.4) is 0 Å². The molecule has 2 aromatic rings. The molecular formula is C33H45N5O6S. The number of amides is 4. The predicted molar refractivity (Wildman–Crippen MR) is 170 cm³/mol. The topological polar surface area (TPSA) is 130 Å². The molecule has 1 aromatic heterocycles. The Kier molecular flexibility index (Phi) is 10.4. The maximum atomic E-state index is 14.0. The number of thiazole rings is 1. The average Bonchev–Trinajstić information content (AvgIpc) is 3.37. The van der Waals surface area contributed by atoms with Gasteiger partial charge >= 0.3 is 0 Å². The second kappa shape index (κ2) is 14.3. The lowest BCUT2D eigenvalue weighted by Crippen LogP contribution is -2.56. The van der Waals surface area contributed by atoms with Crippen molar-refractivity contribution in [2.45, 2.75) is 89.9 Å². The number of aromatic nitrogens is 1. The molecule has 3 heterocycles. The zero-order valence-electron chi connectivity index (χ0n) is 26.7. The highest BCUT2D eigenvalue weighted by atomic mass is 32.1. The van der Waals surface area contributed by atoms with Crippen molar-refractivity contribution >= 4 is 35.0 Å². The van der Waals surface area contributed by atoms with Gasteiger partial charge in [0.05, 0.1) is 17.7 Å². The fourth-order valence-corrected chi connectivity index (χ4v) is 6.77. The summed E-state index contributed by atoms with van der Waals surface area (Å²) in [5.41, 5.74) is 0.978. The summed E-state index contributed by atoms with van der Waals surface area (Å²) in [6.07, 6.45) is 4.18. The van der Waals surface area contributed by atoms with Crippen LogP contribution in [0.2, 0.25) is 0 Å².